The first-order valence-corrected chi connectivity index (χ1v) is 9.69. The minimum atomic E-state index is -3.74. The molecule has 0 bridgehead atoms. The highest BCUT2D eigenvalue weighted by Crippen LogP contribution is 2.31. The first-order chi connectivity index (χ1) is 11.3. The van der Waals surface area contributed by atoms with Crippen LogP contribution in [-0.4, -0.2) is 38.1 Å². The molecule has 132 valence electrons. The lowest BCUT2D eigenvalue weighted by Crippen LogP contribution is -2.39. The van der Waals surface area contributed by atoms with E-state index in [1.807, 2.05) is 0 Å². The quantitative estimate of drug-likeness (QED) is 0.594. The van der Waals surface area contributed by atoms with E-state index in [9.17, 15) is 23.3 Å². The number of carbonyl (C=O) groups is 1. The van der Waals surface area contributed by atoms with Crippen LogP contribution in [-0.2, 0) is 14.6 Å². The van der Waals surface area contributed by atoms with E-state index < -0.39 is 20.4 Å². The number of hydrogen-bond acceptors (Lipinski definition) is 6. The minimum absolute atomic E-state index is 0.0155. The lowest BCUT2D eigenvalue weighted by Gasteiger charge is -2.22. The molecule has 24 heavy (non-hydrogen) atoms. The molecule has 1 saturated carbocycles. The monoisotopic (exact) mass is 355 g/mol. The molecule has 1 aliphatic carbocycles. The normalized spacial score (nSPS) is 15.7. The maximum atomic E-state index is 12.0. The Bertz CT molecular complexity index is 727. The van der Waals surface area contributed by atoms with Gasteiger partial charge in [-0.25, -0.2) is 8.42 Å². The second kappa shape index (κ2) is 7.61. The lowest BCUT2D eigenvalue weighted by molar-refractivity contribution is -0.386. The van der Waals surface area contributed by atoms with Crippen LogP contribution in [0.25, 0.3) is 0 Å². The number of nitrogens with one attached hydrogen (secondary N) is 2. The largest absolute Gasteiger partial charge is 0.371 e. The topological polar surface area (TPSA) is 118 Å². The van der Waals surface area contributed by atoms with Gasteiger partial charge >= 0.3 is 5.69 Å². The number of para-hydroxylation sites is 1. The van der Waals surface area contributed by atoms with E-state index >= 15 is 0 Å². The van der Waals surface area contributed by atoms with E-state index in [1.54, 1.807) is 0 Å². The molecule has 1 aliphatic rings. The second-order valence-electron chi connectivity index (χ2n) is 5.94. The number of sulfone groups is 1. The van der Waals surface area contributed by atoms with Crippen LogP contribution in [0.1, 0.15) is 32.1 Å². The van der Waals surface area contributed by atoms with E-state index in [1.165, 1.54) is 24.6 Å². The first kappa shape index (κ1) is 18.2. The summed E-state index contributed by atoms with van der Waals surface area (Å²) in [5.41, 5.74) is -0.521. The summed E-state index contributed by atoms with van der Waals surface area (Å²) >= 11 is 0. The van der Waals surface area contributed by atoms with Gasteiger partial charge in [-0.05, 0) is 25.0 Å². The number of nitrogens with zero attached hydrogens (tertiary/aromatic N) is 1. The summed E-state index contributed by atoms with van der Waals surface area (Å²) < 4.78 is 23.4. The number of anilines is 1. The van der Waals surface area contributed by atoms with Crippen molar-refractivity contribution in [3.05, 3.63) is 28.3 Å². The van der Waals surface area contributed by atoms with Crippen LogP contribution in [0.4, 0.5) is 11.4 Å². The molecule has 0 aromatic heterocycles. The molecule has 0 heterocycles. The van der Waals surface area contributed by atoms with Gasteiger partial charge in [0.25, 0.3) is 0 Å². The van der Waals surface area contributed by atoms with Crippen LogP contribution in [0.3, 0.4) is 0 Å². The molecule has 9 heteroatoms. The van der Waals surface area contributed by atoms with Crippen molar-refractivity contribution >= 4 is 27.1 Å². The van der Waals surface area contributed by atoms with Crippen LogP contribution in [0, 0.1) is 10.1 Å². The van der Waals surface area contributed by atoms with Gasteiger partial charge < -0.3 is 10.6 Å². The average Bonchev–Trinajstić information content (AvgIpc) is 2.52. The van der Waals surface area contributed by atoms with Crippen LogP contribution >= 0.6 is 0 Å². The molecular formula is C15H21N3O5S. The van der Waals surface area contributed by atoms with Gasteiger partial charge in [-0.2, -0.15) is 0 Å². The zero-order valence-corrected chi connectivity index (χ0v) is 14.3. The molecular weight excluding hydrogens is 334 g/mol. The van der Waals surface area contributed by atoms with E-state index in [-0.39, 0.29) is 29.1 Å². The maximum Gasteiger partial charge on any atom is 0.310 e. The van der Waals surface area contributed by atoms with Crippen molar-refractivity contribution in [3.8, 4) is 0 Å². The third-order valence-corrected chi connectivity index (χ3v) is 5.12. The molecule has 0 saturated heterocycles. The SMILES string of the molecule is CS(=O)(=O)c1cccc(NCC(=O)NC2CCCCC2)c1[N+](=O)[O-]. The van der Waals surface area contributed by atoms with Crippen LogP contribution in [0.5, 0.6) is 0 Å². The Labute approximate surface area is 140 Å². The molecule has 2 rings (SSSR count). The highest BCUT2D eigenvalue weighted by atomic mass is 32.2. The van der Waals surface area contributed by atoms with Crippen LogP contribution in [0.15, 0.2) is 23.1 Å². The van der Waals surface area contributed by atoms with Gasteiger partial charge in [-0.3, -0.25) is 14.9 Å². The molecule has 1 amide bonds. The van der Waals surface area contributed by atoms with Crippen LogP contribution < -0.4 is 10.6 Å². The number of nitro benzene ring substituents is 1. The number of benzene rings is 1. The number of amides is 1. The van der Waals surface area contributed by atoms with Crippen molar-refractivity contribution in [2.24, 2.45) is 0 Å². The van der Waals surface area contributed by atoms with Crippen molar-refractivity contribution < 1.29 is 18.1 Å². The molecule has 0 spiro atoms. The Morgan fingerprint density at radius 2 is 1.96 bits per heavy atom. The third kappa shape index (κ3) is 4.67. The second-order valence-corrected chi connectivity index (χ2v) is 7.92. The Morgan fingerprint density at radius 3 is 2.54 bits per heavy atom. The summed E-state index contributed by atoms with van der Waals surface area (Å²) in [6.45, 7) is -0.148. The van der Waals surface area contributed by atoms with Crippen molar-refractivity contribution in [2.75, 3.05) is 18.1 Å². The summed E-state index contributed by atoms with van der Waals surface area (Å²) in [6, 6.07) is 4.12. The summed E-state index contributed by atoms with van der Waals surface area (Å²) in [4.78, 5) is 22.1. The van der Waals surface area contributed by atoms with Gasteiger partial charge in [0.15, 0.2) is 9.84 Å². The molecule has 8 nitrogen and oxygen atoms in total. The smallest absolute Gasteiger partial charge is 0.310 e. The predicted octanol–water partition coefficient (Wildman–Crippen LogP) is 1.86. The zero-order valence-electron chi connectivity index (χ0n) is 13.4. The summed E-state index contributed by atoms with van der Waals surface area (Å²) in [5.74, 6) is -0.263. The van der Waals surface area contributed by atoms with E-state index in [0.717, 1.165) is 31.9 Å². The lowest BCUT2D eigenvalue weighted by atomic mass is 9.95. The van der Waals surface area contributed by atoms with Gasteiger partial charge in [0.1, 0.15) is 10.6 Å². The maximum absolute atomic E-state index is 12.0. The van der Waals surface area contributed by atoms with Crippen molar-refractivity contribution in [1.82, 2.24) is 5.32 Å². The summed E-state index contributed by atoms with van der Waals surface area (Å²) in [5, 5.41) is 16.8. The van der Waals surface area contributed by atoms with E-state index in [0.29, 0.717) is 0 Å². The minimum Gasteiger partial charge on any atom is -0.371 e. The van der Waals surface area contributed by atoms with Crippen molar-refractivity contribution in [3.63, 3.8) is 0 Å². The molecule has 1 aromatic rings. The average molecular weight is 355 g/mol. The summed E-state index contributed by atoms with van der Waals surface area (Å²) in [7, 11) is -3.74. The van der Waals surface area contributed by atoms with Crippen LogP contribution in [0.2, 0.25) is 0 Å². The van der Waals surface area contributed by atoms with Gasteiger partial charge in [0.05, 0.1) is 11.5 Å². The molecule has 1 fully saturated rings. The first-order valence-electron chi connectivity index (χ1n) is 7.79. The Hall–Kier alpha value is -2.16. The highest BCUT2D eigenvalue weighted by molar-refractivity contribution is 7.90. The predicted molar refractivity (Wildman–Crippen MR) is 89.7 cm³/mol. The number of hydrogen-bond donors (Lipinski definition) is 2. The van der Waals surface area contributed by atoms with E-state index in [2.05, 4.69) is 10.6 Å². The third-order valence-electron chi connectivity index (χ3n) is 3.99. The van der Waals surface area contributed by atoms with Gasteiger partial charge in [-0.15, -0.1) is 0 Å². The van der Waals surface area contributed by atoms with Gasteiger partial charge in [0, 0.05) is 12.3 Å². The fourth-order valence-corrected chi connectivity index (χ4v) is 3.72. The van der Waals surface area contributed by atoms with E-state index in [4.69, 9.17) is 0 Å². The number of rotatable bonds is 6. The molecule has 0 radical (unpaired) electrons. The number of nitro groups is 1. The fraction of sp³-hybridized carbons (Fsp3) is 0.533. The zero-order chi connectivity index (χ0) is 17.7. The van der Waals surface area contributed by atoms with Crippen molar-refractivity contribution in [1.29, 1.82) is 0 Å². The Morgan fingerprint density at radius 1 is 1.29 bits per heavy atom. The Balaban J connectivity index is 2.09. The Kier molecular flexibility index (Phi) is 5.76. The molecule has 0 aliphatic heterocycles. The fourth-order valence-electron chi connectivity index (χ4n) is 2.85. The van der Waals surface area contributed by atoms with Gasteiger partial charge in [0.2, 0.25) is 5.91 Å². The highest BCUT2D eigenvalue weighted by Gasteiger charge is 2.26. The standard InChI is InChI=1S/C15H21N3O5S/c1-24(22,23)13-9-5-8-12(15(13)18(20)21)16-10-14(19)17-11-6-3-2-4-7-11/h5,8-9,11,16H,2-4,6-7,10H2,1H3,(H,17,19). The van der Waals surface area contributed by atoms with Gasteiger partial charge in [-0.1, -0.05) is 25.3 Å². The summed E-state index contributed by atoms with van der Waals surface area (Å²) in [6.07, 6.45) is 6.13. The molecule has 0 atom stereocenters. The molecule has 2 N–H and O–H groups in total. The molecule has 1 aromatic carbocycles. The van der Waals surface area contributed by atoms with Crippen molar-refractivity contribution in [2.45, 2.75) is 43.0 Å². The number of carbonyl (C=O) groups excluding carboxylic acids is 1. The molecule has 0 unspecified atom stereocenters.